The van der Waals surface area contributed by atoms with Crippen molar-refractivity contribution in [3.8, 4) is 11.3 Å². The summed E-state index contributed by atoms with van der Waals surface area (Å²) in [6, 6.07) is 13.3. The van der Waals surface area contributed by atoms with Gasteiger partial charge in [0, 0.05) is 31.1 Å². The highest BCUT2D eigenvalue weighted by Gasteiger charge is 2.23. The van der Waals surface area contributed by atoms with Gasteiger partial charge in [-0.2, -0.15) is 0 Å². The summed E-state index contributed by atoms with van der Waals surface area (Å²) in [4.78, 5) is 18.3. The maximum atomic E-state index is 12.6. The zero-order chi connectivity index (χ0) is 17.1. The van der Waals surface area contributed by atoms with Crippen LogP contribution in [0.3, 0.4) is 0 Å². The van der Waals surface area contributed by atoms with Gasteiger partial charge in [-0.25, -0.2) is 0 Å². The first-order chi connectivity index (χ1) is 11.6. The van der Waals surface area contributed by atoms with Crippen LogP contribution in [0.25, 0.3) is 11.3 Å². The largest absolute Gasteiger partial charge is 0.350 e. The molecule has 0 N–H and O–H groups in total. The molecular weight excluding hydrogens is 302 g/mol. The summed E-state index contributed by atoms with van der Waals surface area (Å²) < 4.78 is 5.26. The molecule has 5 nitrogen and oxygen atoms in total. The summed E-state index contributed by atoms with van der Waals surface area (Å²) in [5.41, 5.74) is 3.76. The Hall–Kier alpha value is -2.95. The first kappa shape index (κ1) is 15.9. The van der Waals surface area contributed by atoms with Gasteiger partial charge in [-0.1, -0.05) is 35.0 Å². The highest BCUT2D eigenvalue weighted by atomic mass is 16.5. The average molecular weight is 321 g/mol. The van der Waals surface area contributed by atoms with Crippen molar-refractivity contribution in [2.45, 2.75) is 19.9 Å². The van der Waals surface area contributed by atoms with E-state index in [0.717, 1.165) is 11.1 Å². The maximum Gasteiger partial charge on any atom is 0.292 e. The van der Waals surface area contributed by atoms with E-state index < -0.39 is 0 Å². The van der Waals surface area contributed by atoms with Crippen molar-refractivity contribution >= 4 is 5.91 Å². The van der Waals surface area contributed by atoms with Crippen molar-refractivity contribution in [3.63, 3.8) is 0 Å². The Bertz CT molecular complexity index is 825. The fourth-order valence-corrected chi connectivity index (χ4v) is 2.45. The van der Waals surface area contributed by atoms with Gasteiger partial charge in [-0.3, -0.25) is 9.78 Å². The number of pyridine rings is 1. The summed E-state index contributed by atoms with van der Waals surface area (Å²) in [7, 11) is 1.75. The van der Waals surface area contributed by atoms with E-state index in [2.05, 4.69) is 10.1 Å². The first-order valence-corrected chi connectivity index (χ1v) is 7.77. The molecule has 0 bridgehead atoms. The fourth-order valence-electron chi connectivity index (χ4n) is 2.45. The van der Waals surface area contributed by atoms with E-state index >= 15 is 0 Å². The second kappa shape index (κ2) is 6.66. The van der Waals surface area contributed by atoms with Gasteiger partial charge >= 0.3 is 0 Å². The molecule has 0 aliphatic heterocycles. The zero-order valence-corrected chi connectivity index (χ0v) is 13.9. The van der Waals surface area contributed by atoms with Crippen LogP contribution in [0.1, 0.15) is 34.6 Å². The molecule has 0 aliphatic carbocycles. The van der Waals surface area contributed by atoms with Gasteiger partial charge in [-0.05, 0) is 31.5 Å². The lowest BCUT2D eigenvalue weighted by molar-refractivity contribution is 0.0700. The quantitative estimate of drug-likeness (QED) is 0.732. The van der Waals surface area contributed by atoms with Crippen LogP contribution < -0.4 is 0 Å². The molecule has 1 unspecified atom stereocenters. The fraction of sp³-hybridized carbons (Fsp3) is 0.211. The number of benzene rings is 1. The second-order valence-corrected chi connectivity index (χ2v) is 5.82. The number of carbonyl (C=O) groups is 1. The van der Waals surface area contributed by atoms with Crippen LogP contribution in [0, 0.1) is 6.92 Å². The number of nitrogens with zero attached hydrogens (tertiary/aromatic N) is 3. The molecule has 0 aliphatic rings. The highest BCUT2D eigenvalue weighted by molar-refractivity contribution is 5.92. The lowest BCUT2D eigenvalue weighted by Crippen LogP contribution is -2.29. The van der Waals surface area contributed by atoms with Crippen LogP contribution in [-0.2, 0) is 0 Å². The van der Waals surface area contributed by atoms with Crippen molar-refractivity contribution in [2.75, 3.05) is 7.05 Å². The monoisotopic (exact) mass is 321 g/mol. The molecule has 3 rings (SSSR count). The van der Waals surface area contributed by atoms with E-state index in [-0.39, 0.29) is 17.7 Å². The van der Waals surface area contributed by atoms with Gasteiger partial charge in [0.2, 0.25) is 5.76 Å². The van der Waals surface area contributed by atoms with Crippen molar-refractivity contribution in [3.05, 3.63) is 71.7 Å². The summed E-state index contributed by atoms with van der Waals surface area (Å²) >= 11 is 0. The van der Waals surface area contributed by atoms with Crippen LogP contribution in [0.15, 0.2) is 59.4 Å². The van der Waals surface area contributed by atoms with Crippen LogP contribution in [0.4, 0.5) is 0 Å². The molecule has 1 aromatic carbocycles. The van der Waals surface area contributed by atoms with Crippen LogP contribution >= 0.6 is 0 Å². The Balaban J connectivity index is 1.79. The molecule has 2 heterocycles. The van der Waals surface area contributed by atoms with Gasteiger partial charge in [0.1, 0.15) is 5.69 Å². The third-order valence-corrected chi connectivity index (χ3v) is 4.16. The number of aryl methyl sites for hydroxylation is 1. The minimum absolute atomic E-state index is 0.0894. The number of aromatic nitrogens is 2. The number of carbonyl (C=O) groups excluding carboxylic acids is 1. The molecule has 5 heteroatoms. The summed E-state index contributed by atoms with van der Waals surface area (Å²) in [6.07, 6.45) is 3.43. The third kappa shape index (κ3) is 3.20. The SMILES string of the molecule is Cc1ccc(-c2cc(C(=O)N(C)C(C)c3ccncc3)on2)cc1. The van der Waals surface area contributed by atoms with E-state index in [1.807, 2.05) is 50.2 Å². The molecule has 0 saturated carbocycles. The van der Waals surface area contributed by atoms with Crippen molar-refractivity contribution in [2.24, 2.45) is 0 Å². The second-order valence-electron chi connectivity index (χ2n) is 5.82. The molecule has 2 aromatic heterocycles. The first-order valence-electron chi connectivity index (χ1n) is 7.77. The lowest BCUT2D eigenvalue weighted by atomic mass is 10.1. The van der Waals surface area contributed by atoms with E-state index in [9.17, 15) is 4.79 Å². The highest BCUT2D eigenvalue weighted by Crippen LogP contribution is 2.23. The molecule has 3 aromatic rings. The Kier molecular flexibility index (Phi) is 4.42. The molecule has 1 atom stereocenters. The summed E-state index contributed by atoms with van der Waals surface area (Å²) in [5.74, 6) is 0.0270. The average Bonchev–Trinajstić information content (AvgIpc) is 3.11. The van der Waals surface area contributed by atoms with E-state index in [1.54, 1.807) is 30.4 Å². The molecule has 0 radical (unpaired) electrons. The summed E-state index contributed by atoms with van der Waals surface area (Å²) in [5, 5.41) is 4.02. The van der Waals surface area contributed by atoms with Gasteiger partial charge in [0.25, 0.3) is 5.91 Å². The third-order valence-electron chi connectivity index (χ3n) is 4.16. The number of rotatable bonds is 4. The standard InChI is InChI=1S/C19H19N3O2/c1-13-4-6-16(7-5-13)17-12-18(24-21-17)19(23)22(3)14(2)15-8-10-20-11-9-15/h4-12,14H,1-3H3. The lowest BCUT2D eigenvalue weighted by Gasteiger charge is -2.23. The topological polar surface area (TPSA) is 59.2 Å². The summed E-state index contributed by atoms with van der Waals surface area (Å²) in [6.45, 7) is 3.99. The van der Waals surface area contributed by atoms with Crippen LogP contribution in [0.5, 0.6) is 0 Å². The number of hydrogen-bond donors (Lipinski definition) is 0. The van der Waals surface area contributed by atoms with Gasteiger partial charge in [0.05, 0.1) is 6.04 Å². The van der Waals surface area contributed by atoms with Crippen LogP contribution in [0.2, 0.25) is 0 Å². The molecule has 1 amide bonds. The molecule has 0 saturated heterocycles. The molecular formula is C19H19N3O2. The Labute approximate surface area is 140 Å². The minimum atomic E-state index is -0.204. The van der Waals surface area contributed by atoms with Crippen molar-refractivity contribution < 1.29 is 9.32 Å². The smallest absolute Gasteiger partial charge is 0.292 e. The van der Waals surface area contributed by atoms with E-state index in [1.165, 1.54) is 5.56 Å². The van der Waals surface area contributed by atoms with E-state index in [4.69, 9.17) is 4.52 Å². The van der Waals surface area contributed by atoms with Crippen molar-refractivity contribution in [1.82, 2.24) is 15.0 Å². The Morgan fingerprint density at radius 2 is 1.79 bits per heavy atom. The normalized spacial score (nSPS) is 12.0. The minimum Gasteiger partial charge on any atom is -0.350 e. The Morgan fingerprint density at radius 3 is 2.46 bits per heavy atom. The molecule has 0 spiro atoms. The molecule has 0 fully saturated rings. The van der Waals surface area contributed by atoms with Gasteiger partial charge in [0.15, 0.2) is 0 Å². The zero-order valence-electron chi connectivity index (χ0n) is 13.9. The number of hydrogen-bond acceptors (Lipinski definition) is 4. The predicted octanol–water partition coefficient (Wildman–Crippen LogP) is 3.88. The van der Waals surface area contributed by atoms with Gasteiger partial charge < -0.3 is 9.42 Å². The predicted molar refractivity (Wildman–Crippen MR) is 91.4 cm³/mol. The van der Waals surface area contributed by atoms with E-state index in [0.29, 0.717) is 5.69 Å². The molecule has 24 heavy (non-hydrogen) atoms. The Morgan fingerprint density at radius 1 is 1.12 bits per heavy atom. The molecule has 122 valence electrons. The number of amides is 1. The van der Waals surface area contributed by atoms with Crippen LogP contribution in [-0.4, -0.2) is 28.0 Å². The van der Waals surface area contributed by atoms with Gasteiger partial charge in [-0.15, -0.1) is 0 Å². The van der Waals surface area contributed by atoms with Crippen molar-refractivity contribution in [1.29, 1.82) is 0 Å². The maximum absolute atomic E-state index is 12.6.